The number of fused-ring (bicyclic) bond motifs is 1. The number of hydrogen-bond donors (Lipinski definition) is 2. The van der Waals surface area contributed by atoms with Gasteiger partial charge in [0.15, 0.2) is 5.96 Å². The first-order chi connectivity index (χ1) is 14.4. The number of hydrogen-bond acceptors (Lipinski definition) is 3. The Morgan fingerprint density at radius 3 is 2.53 bits per heavy atom. The second-order valence-corrected chi connectivity index (χ2v) is 7.07. The highest BCUT2D eigenvalue weighted by atomic mass is 19.4. The van der Waals surface area contributed by atoms with E-state index < -0.39 is 12.8 Å². The van der Waals surface area contributed by atoms with Gasteiger partial charge in [-0.05, 0) is 34.7 Å². The van der Waals surface area contributed by atoms with Gasteiger partial charge in [0.2, 0.25) is 0 Å². The van der Waals surface area contributed by atoms with Crippen LogP contribution in [0, 0.1) is 0 Å². The third-order valence-electron chi connectivity index (χ3n) is 4.70. The van der Waals surface area contributed by atoms with Gasteiger partial charge in [-0.3, -0.25) is 4.99 Å². The normalized spacial score (nSPS) is 13.7. The van der Waals surface area contributed by atoms with Crippen molar-refractivity contribution in [3.8, 4) is 5.75 Å². The lowest BCUT2D eigenvalue weighted by Gasteiger charge is -2.13. The molecule has 2 N–H and O–H groups in total. The van der Waals surface area contributed by atoms with Crippen molar-refractivity contribution in [2.45, 2.75) is 32.2 Å². The molecule has 0 saturated heterocycles. The van der Waals surface area contributed by atoms with E-state index in [1.54, 1.807) is 19.2 Å². The van der Waals surface area contributed by atoms with Crippen LogP contribution < -0.4 is 15.4 Å². The number of rotatable bonds is 8. The summed E-state index contributed by atoms with van der Waals surface area (Å²) in [5.41, 5.74) is 4.22. The molecule has 30 heavy (non-hydrogen) atoms. The predicted molar refractivity (Wildman–Crippen MR) is 110 cm³/mol. The van der Waals surface area contributed by atoms with Gasteiger partial charge in [0.1, 0.15) is 12.4 Å². The van der Waals surface area contributed by atoms with Crippen molar-refractivity contribution in [1.82, 2.24) is 10.6 Å². The van der Waals surface area contributed by atoms with Crippen molar-refractivity contribution in [3.63, 3.8) is 0 Å². The van der Waals surface area contributed by atoms with Gasteiger partial charge in [0.25, 0.3) is 0 Å². The number of alkyl halides is 3. The van der Waals surface area contributed by atoms with Gasteiger partial charge >= 0.3 is 6.18 Å². The maximum atomic E-state index is 12.1. The molecule has 5 nitrogen and oxygen atoms in total. The van der Waals surface area contributed by atoms with Gasteiger partial charge in [0, 0.05) is 26.6 Å². The molecular weight excluding hydrogens is 395 g/mol. The number of guanidine groups is 1. The third-order valence-corrected chi connectivity index (χ3v) is 4.70. The molecule has 0 fully saturated rings. The van der Waals surface area contributed by atoms with Gasteiger partial charge in [-0.1, -0.05) is 36.4 Å². The van der Waals surface area contributed by atoms with E-state index >= 15 is 0 Å². The predicted octanol–water partition coefficient (Wildman–Crippen LogP) is 3.61. The molecular formula is C22H26F3N3O2. The van der Waals surface area contributed by atoms with Crippen LogP contribution in [0.5, 0.6) is 5.75 Å². The van der Waals surface area contributed by atoms with Crippen molar-refractivity contribution in [2.24, 2.45) is 4.99 Å². The number of ether oxygens (including phenoxy) is 2. The van der Waals surface area contributed by atoms with Crippen LogP contribution in [-0.4, -0.2) is 38.9 Å². The molecule has 0 amide bonds. The number of benzene rings is 2. The summed E-state index contributed by atoms with van der Waals surface area (Å²) in [6.45, 7) is 0.756. The van der Waals surface area contributed by atoms with E-state index in [0.29, 0.717) is 18.1 Å². The standard InChI is InChI=1S/C22H26F3N3O2/c1-26-21(27-10-8-16-6-7-20-19(12-16)9-11-30-20)28-13-17-2-4-18(5-3-17)14-29-15-22(23,24)25/h2-7,12H,8-11,13-15H2,1H3,(H2,26,27,28). The molecule has 0 bridgehead atoms. The second-order valence-electron chi connectivity index (χ2n) is 7.07. The molecule has 2 aromatic rings. The average Bonchev–Trinajstić information content (AvgIpc) is 3.18. The number of nitrogens with one attached hydrogen (secondary N) is 2. The lowest BCUT2D eigenvalue weighted by Crippen LogP contribution is -2.37. The van der Waals surface area contributed by atoms with Crippen LogP contribution in [-0.2, 0) is 30.7 Å². The van der Waals surface area contributed by atoms with Crippen LogP contribution in [0.4, 0.5) is 13.2 Å². The molecule has 8 heteroatoms. The topological polar surface area (TPSA) is 54.9 Å². The van der Waals surface area contributed by atoms with Gasteiger partial charge in [-0.15, -0.1) is 0 Å². The molecule has 1 heterocycles. The molecule has 0 radical (unpaired) electrons. The first kappa shape index (κ1) is 22.0. The highest BCUT2D eigenvalue weighted by molar-refractivity contribution is 5.79. The molecule has 0 saturated carbocycles. The second kappa shape index (κ2) is 10.3. The van der Waals surface area contributed by atoms with Crippen molar-refractivity contribution in [2.75, 3.05) is 26.8 Å². The number of aliphatic imine (C=N–C) groups is 1. The fourth-order valence-electron chi connectivity index (χ4n) is 3.17. The summed E-state index contributed by atoms with van der Waals surface area (Å²) in [6.07, 6.45) is -2.46. The third kappa shape index (κ3) is 6.95. The highest BCUT2D eigenvalue weighted by Gasteiger charge is 2.27. The lowest BCUT2D eigenvalue weighted by molar-refractivity contribution is -0.176. The van der Waals surface area contributed by atoms with Crippen molar-refractivity contribution in [1.29, 1.82) is 0 Å². The summed E-state index contributed by atoms with van der Waals surface area (Å²) in [5.74, 6) is 1.68. The van der Waals surface area contributed by atoms with Crippen LogP contribution in [0.3, 0.4) is 0 Å². The summed E-state index contributed by atoms with van der Waals surface area (Å²) in [4.78, 5) is 4.22. The highest BCUT2D eigenvalue weighted by Crippen LogP contribution is 2.25. The Balaban J connectivity index is 1.38. The van der Waals surface area contributed by atoms with Crippen LogP contribution >= 0.6 is 0 Å². The first-order valence-corrected chi connectivity index (χ1v) is 9.84. The zero-order valence-corrected chi connectivity index (χ0v) is 16.9. The summed E-state index contributed by atoms with van der Waals surface area (Å²) < 4.78 is 46.5. The van der Waals surface area contributed by atoms with Crippen LogP contribution in [0.25, 0.3) is 0 Å². The van der Waals surface area contributed by atoms with E-state index in [-0.39, 0.29) is 6.61 Å². The van der Waals surface area contributed by atoms with Gasteiger partial charge in [-0.2, -0.15) is 13.2 Å². The molecule has 2 aromatic carbocycles. The minimum absolute atomic E-state index is 0.0642. The van der Waals surface area contributed by atoms with Crippen molar-refractivity contribution >= 4 is 5.96 Å². The largest absolute Gasteiger partial charge is 0.493 e. The summed E-state index contributed by atoms with van der Waals surface area (Å²) in [7, 11) is 1.71. The Morgan fingerprint density at radius 1 is 1.07 bits per heavy atom. The Morgan fingerprint density at radius 2 is 1.80 bits per heavy atom. The summed E-state index contributed by atoms with van der Waals surface area (Å²) in [5, 5.41) is 6.53. The smallest absolute Gasteiger partial charge is 0.411 e. The Labute approximate surface area is 174 Å². The van der Waals surface area contributed by atoms with E-state index in [1.165, 1.54) is 11.1 Å². The Kier molecular flexibility index (Phi) is 7.57. The summed E-state index contributed by atoms with van der Waals surface area (Å²) >= 11 is 0. The van der Waals surface area contributed by atoms with E-state index in [0.717, 1.165) is 37.3 Å². The number of halogens is 3. The maximum Gasteiger partial charge on any atom is 0.411 e. The fraction of sp³-hybridized carbons (Fsp3) is 0.409. The zero-order valence-electron chi connectivity index (χ0n) is 16.9. The van der Waals surface area contributed by atoms with Crippen molar-refractivity contribution in [3.05, 3.63) is 64.7 Å². The molecule has 0 spiro atoms. The number of nitrogens with zero attached hydrogens (tertiary/aromatic N) is 1. The molecule has 0 atom stereocenters. The van der Waals surface area contributed by atoms with Gasteiger partial charge < -0.3 is 20.1 Å². The quantitative estimate of drug-likeness (QED) is 0.505. The SMILES string of the molecule is CN=C(NCCc1ccc2c(c1)CCO2)NCc1ccc(COCC(F)(F)F)cc1. The Bertz CT molecular complexity index is 852. The van der Waals surface area contributed by atoms with Gasteiger partial charge in [-0.25, -0.2) is 0 Å². The van der Waals surface area contributed by atoms with Crippen LogP contribution in [0.2, 0.25) is 0 Å². The lowest BCUT2D eigenvalue weighted by atomic mass is 10.1. The van der Waals surface area contributed by atoms with E-state index in [4.69, 9.17) is 4.74 Å². The molecule has 0 aromatic heterocycles. The minimum Gasteiger partial charge on any atom is -0.493 e. The molecule has 0 aliphatic carbocycles. The molecule has 3 rings (SSSR count). The monoisotopic (exact) mass is 421 g/mol. The van der Waals surface area contributed by atoms with E-state index in [9.17, 15) is 13.2 Å². The molecule has 162 valence electrons. The maximum absolute atomic E-state index is 12.1. The van der Waals surface area contributed by atoms with Crippen LogP contribution in [0.1, 0.15) is 22.3 Å². The molecule has 0 unspecified atom stereocenters. The molecule has 1 aliphatic rings. The van der Waals surface area contributed by atoms with Crippen molar-refractivity contribution < 1.29 is 22.6 Å². The van der Waals surface area contributed by atoms with E-state index in [1.807, 2.05) is 18.2 Å². The Hall–Kier alpha value is -2.74. The van der Waals surface area contributed by atoms with E-state index in [2.05, 4.69) is 32.5 Å². The van der Waals surface area contributed by atoms with Crippen LogP contribution in [0.15, 0.2) is 47.5 Å². The summed E-state index contributed by atoms with van der Waals surface area (Å²) in [6, 6.07) is 13.6. The minimum atomic E-state index is -4.30. The zero-order chi connectivity index (χ0) is 21.4. The molecule has 1 aliphatic heterocycles. The first-order valence-electron chi connectivity index (χ1n) is 9.84. The fourth-order valence-corrected chi connectivity index (χ4v) is 3.17. The average molecular weight is 421 g/mol. The van der Waals surface area contributed by atoms with Gasteiger partial charge in [0.05, 0.1) is 13.2 Å².